The lowest BCUT2D eigenvalue weighted by molar-refractivity contribution is -0.152. The SMILES string of the molecule is CCOC(C[C@H](O)[C@H]1COC(=S)S1)OCC. The number of rotatable bonds is 7. The molecule has 16 heavy (non-hydrogen) atoms. The second-order valence-electron chi connectivity index (χ2n) is 3.36. The third-order valence-electron chi connectivity index (χ3n) is 2.18. The zero-order chi connectivity index (χ0) is 12.0. The fourth-order valence-electron chi connectivity index (χ4n) is 1.44. The van der Waals surface area contributed by atoms with E-state index in [1.807, 2.05) is 13.8 Å². The lowest BCUT2D eigenvalue weighted by atomic mass is 10.2. The van der Waals surface area contributed by atoms with Crippen LogP contribution in [0.5, 0.6) is 0 Å². The van der Waals surface area contributed by atoms with Gasteiger partial charge in [0.25, 0.3) is 0 Å². The number of hydrogen-bond acceptors (Lipinski definition) is 6. The van der Waals surface area contributed by atoms with E-state index in [9.17, 15) is 5.11 Å². The molecule has 0 amide bonds. The normalized spacial score (nSPS) is 22.5. The third-order valence-corrected chi connectivity index (χ3v) is 3.65. The summed E-state index contributed by atoms with van der Waals surface area (Å²) in [5, 5.41) is 9.97. The number of aliphatic hydroxyl groups excluding tert-OH is 1. The summed E-state index contributed by atoms with van der Waals surface area (Å²) in [5.41, 5.74) is 0. The summed E-state index contributed by atoms with van der Waals surface area (Å²) in [6.07, 6.45) is -0.418. The highest BCUT2D eigenvalue weighted by Crippen LogP contribution is 2.27. The summed E-state index contributed by atoms with van der Waals surface area (Å²) < 4.78 is 16.4. The van der Waals surface area contributed by atoms with E-state index >= 15 is 0 Å². The van der Waals surface area contributed by atoms with E-state index in [1.54, 1.807) is 0 Å². The van der Waals surface area contributed by atoms with Crippen LogP contribution in [-0.4, -0.2) is 47.0 Å². The first-order valence-corrected chi connectivity index (χ1v) is 6.70. The molecule has 1 N–H and O–H groups in total. The molecule has 0 unspecified atom stereocenters. The standard InChI is InChI=1S/C10H18O4S2/c1-3-12-9(13-4-2)5-7(11)8-6-14-10(15)16-8/h7-9,11H,3-6H2,1-2H3/t7-,8+/m0/s1. The molecule has 0 radical (unpaired) electrons. The molecule has 0 bridgehead atoms. The summed E-state index contributed by atoms with van der Waals surface area (Å²) >= 11 is 6.30. The average Bonchev–Trinajstić information content (AvgIpc) is 2.65. The molecule has 0 aromatic heterocycles. The molecule has 4 nitrogen and oxygen atoms in total. The Morgan fingerprint density at radius 3 is 2.56 bits per heavy atom. The fraction of sp³-hybridized carbons (Fsp3) is 0.900. The van der Waals surface area contributed by atoms with Crippen LogP contribution in [0.3, 0.4) is 0 Å². The topological polar surface area (TPSA) is 47.9 Å². The molecule has 0 spiro atoms. The summed E-state index contributed by atoms with van der Waals surface area (Å²) in [6, 6.07) is 0. The van der Waals surface area contributed by atoms with Crippen LogP contribution in [-0.2, 0) is 14.2 Å². The van der Waals surface area contributed by atoms with Crippen LogP contribution in [0.25, 0.3) is 0 Å². The van der Waals surface area contributed by atoms with Crippen molar-refractivity contribution in [2.24, 2.45) is 0 Å². The van der Waals surface area contributed by atoms with Gasteiger partial charge in [-0.05, 0) is 26.1 Å². The minimum Gasteiger partial charge on any atom is -0.477 e. The van der Waals surface area contributed by atoms with Gasteiger partial charge < -0.3 is 19.3 Å². The molecule has 0 aromatic rings. The number of thiocarbonyl (C=S) groups is 1. The van der Waals surface area contributed by atoms with Crippen LogP contribution in [0.15, 0.2) is 0 Å². The van der Waals surface area contributed by atoms with Gasteiger partial charge in [0, 0.05) is 19.6 Å². The summed E-state index contributed by atoms with van der Waals surface area (Å²) in [6.45, 7) is 5.42. The molecule has 1 aliphatic rings. The van der Waals surface area contributed by atoms with Crippen LogP contribution < -0.4 is 0 Å². The Kier molecular flexibility index (Phi) is 6.60. The summed E-state index contributed by atoms with van der Waals surface area (Å²) in [5.74, 6) is 0. The maximum absolute atomic E-state index is 9.97. The van der Waals surface area contributed by atoms with Gasteiger partial charge in [-0.2, -0.15) is 0 Å². The van der Waals surface area contributed by atoms with Crippen molar-refractivity contribution >= 4 is 28.4 Å². The summed E-state index contributed by atoms with van der Waals surface area (Å²) in [7, 11) is 0. The van der Waals surface area contributed by atoms with Crippen molar-refractivity contribution in [1.29, 1.82) is 0 Å². The predicted octanol–water partition coefficient (Wildman–Crippen LogP) is 1.55. The lowest BCUT2D eigenvalue weighted by Gasteiger charge is -2.22. The Bertz CT molecular complexity index is 219. The lowest BCUT2D eigenvalue weighted by Crippen LogP contribution is -2.31. The second kappa shape index (κ2) is 7.45. The van der Waals surface area contributed by atoms with Crippen LogP contribution in [0.4, 0.5) is 0 Å². The van der Waals surface area contributed by atoms with E-state index in [-0.39, 0.29) is 11.5 Å². The van der Waals surface area contributed by atoms with Gasteiger partial charge in [0.15, 0.2) is 6.29 Å². The molecule has 0 saturated carbocycles. The Balaban J connectivity index is 2.34. The van der Waals surface area contributed by atoms with Gasteiger partial charge in [-0.15, -0.1) is 0 Å². The van der Waals surface area contributed by atoms with Gasteiger partial charge in [0.2, 0.25) is 4.38 Å². The number of aliphatic hydroxyl groups is 1. The third kappa shape index (κ3) is 4.55. The molecule has 1 rings (SSSR count). The van der Waals surface area contributed by atoms with Crippen LogP contribution >= 0.6 is 24.0 Å². The van der Waals surface area contributed by atoms with Crippen LogP contribution in [0.2, 0.25) is 0 Å². The molecule has 1 heterocycles. The molecule has 0 aromatic carbocycles. The van der Waals surface area contributed by atoms with E-state index in [0.29, 0.717) is 30.6 Å². The highest BCUT2D eigenvalue weighted by Gasteiger charge is 2.30. The van der Waals surface area contributed by atoms with E-state index in [1.165, 1.54) is 11.8 Å². The van der Waals surface area contributed by atoms with Crippen molar-refractivity contribution in [3.05, 3.63) is 0 Å². The Hall–Kier alpha value is 0.120. The monoisotopic (exact) mass is 266 g/mol. The van der Waals surface area contributed by atoms with Crippen LogP contribution in [0.1, 0.15) is 20.3 Å². The van der Waals surface area contributed by atoms with E-state index in [4.69, 9.17) is 26.4 Å². The van der Waals surface area contributed by atoms with Gasteiger partial charge in [-0.3, -0.25) is 0 Å². The maximum Gasteiger partial charge on any atom is 0.220 e. The largest absolute Gasteiger partial charge is 0.477 e. The number of thioether (sulfide) groups is 1. The van der Waals surface area contributed by atoms with Gasteiger partial charge in [-0.25, -0.2) is 0 Å². The molecule has 2 atom stereocenters. The smallest absolute Gasteiger partial charge is 0.220 e. The molecular formula is C10H18O4S2. The Morgan fingerprint density at radius 1 is 1.50 bits per heavy atom. The minimum atomic E-state index is -0.520. The van der Waals surface area contributed by atoms with Gasteiger partial charge >= 0.3 is 0 Å². The van der Waals surface area contributed by atoms with Gasteiger partial charge in [0.1, 0.15) is 6.61 Å². The predicted molar refractivity (Wildman–Crippen MR) is 67.6 cm³/mol. The highest BCUT2D eigenvalue weighted by molar-refractivity contribution is 8.23. The van der Waals surface area contributed by atoms with Crippen molar-refractivity contribution in [1.82, 2.24) is 0 Å². The first-order chi connectivity index (χ1) is 7.67. The molecule has 1 saturated heterocycles. The van der Waals surface area contributed by atoms with E-state index in [0.717, 1.165) is 0 Å². The minimum absolute atomic E-state index is 0.00378. The fourth-order valence-corrected chi connectivity index (χ4v) is 2.66. The van der Waals surface area contributed by atoms with Crippen molar-refractivity contribution in [3.8, 4) is 0 Å². The van der Waals surface area contributed by atoms with Crippen molar-refractivity contribution in [3.63, 3.8) is 0 Å². The Labute approximate surface area is 106 Å². The second-order valence-corrected chi connectivity index (χ2v) is 5.20. The zero-order valence-corrected chi connectivity index (χ0v) is 11.2. The highest BCUT2D eigenvalue weighted by atomic mass is 32.2. The van der Waals surface area contributed by atoms with Crippen LogP contribution in [0, 0.1) is 0 Å². The Morgan fingerprint density at radius 2 is 2.12 bits per heavy atom. The first kappa shape index (κ1) is 14.2. The van der Waals surface area contributed by atoms with Gasteiger partial charge in [0.05, 0.1) is 11.4 Å². The molecule has 6 heteroatoms. The number of hydrogen-bond donors (Lipinski definition) is 1. The van der Waals surface area contributed by atoms with E-state index in [2.05, 4.69) is 0 Å². The first-order valence-electron chi connectivity index (χ1n) is 5.42. The quantitative estimate of drug-likeness (QED) is 0.557. The van der Waals surface area contributed by atoms with Crippen molar-refractivity contribution in [2.75, 3.05) is 19.8 Å². The average molecular weight is 266 g/mol. The summed E-state index contributed by atoms with van der Waals surface area (Å²) in [4.78, 5) is 0. The molecule has 1 aliphatic heterocycles. The van der Waals surface area contributed by atoms with Crippen molar-refractivity contribution in [2.45, 2.75) is 37.9 Å². The number of ether oxygens (including phenoxy) is 3. The molecule has 94 valence electrons. The molecule has 1 fully saturated rings. The maximum atomic E-state index is 9.97. The van der Waals surface area contributed by atoms with Crippen molar-refractivity contribution < 1.29 is 19.3 Å². The van der Waals surface area contributed by atoms with Gasteiger partial charge in [-0.1, -0.05) is 11.8 Å². The van der Waals surface area contributed by atoms with E-state index < -0.39 is 6.10 Å². The molecular weight excluding hydrogens is 248 g/mol. The molecule has 0 aliphatic carbocycles. The zero-order valence-electron chi connectivity index (χ0n) is 9.55.